The normalized spacial score (nSPS) is 17.2. The Kier molecular flexibility index (Phi) is 10.8. The predicted octanol–water partition coefficient (Wildman–Crippen LogP) is 1.60. The highest BCUT2D eigenvalue weighted by Gasteiger charge is 2.14. The molecule has 138 valence electrons. The van der Waals surface area contributed by atoms with E-state index in [0.717, 1.165) is 45.1 Å². The Balaban J connectivity index is 1.89. The predicted molar refractivity (Wildman–Crippen MR) is 89.6 cm³/mol. The molecule has 1 aliphatic heterocycles. The number of nitrogens with one attached hydrogen (secondary N) is 2. The van der Waals surface area contributed by atoms with Gasteiger partial charge in [-0.3, -0.25) is 14.4 Å². The van der Waals surface area contributed by atoms with Crippen molar-refractivity contribution >= 4 is 17.8 Å². The Hall–Kier alpha value is -1.63. The second-order valence-electron chi connectivity index (χ2n) is 6.18. The molecule has 1 heterocycles. The van der Waals surface area contributed by atoms with Crippen LogP contribution < -0.4 is 10.6 Å². The summed E-state index contributed by atoms with van der Waals surface area (Å²) in [5.41, 5.74) is 0. The van der Waals surface area contributed by atoms with Crippen LogP contribution in [0.2, 0.25) is 0 Å². The van der Waals surface area contributed by atoms with E-state index in [2.05, 4.69) is 10.6 Å². The lowest BCUT2D eigenvalue weighted by Gasteiger charge is -2.22. The topological polar surface area (TPSA) is 105 Å². The second kappa shape index (κ2) is 12.8. The van der Waals surface area contributed by atoms with E-state index in [1.165, 1.54) is 6.42 Å². The summed E-state index contributed by atoms with van der Waals surface area (Å²) in [5, 5.41) is 13.9. The lowest BCUT2D eigenvalue weighted by molar-refractivity contribution is -0.137. The summed E-state index contributed by atoms with van der Waals surface area (Å²) in [4.78, 5) is 33.4. The van der Waals surface area contributed by atoms with Crippen LogP contribution >= 0.6 is 0 Å². The lowest BCUT2D eigenvalue weighted by Crippen LogP contribution is -2.27. The van der Waals surface area contributed by atoms with Gasteiger partial charge in [0, 0.05) is 32.5 Å². The van der Waals surface area contributed by atoms with E-state index < -0.39 is 5.97 Å². The molecule has 0 aromatic carbocycles. The van der Waals surface area contributed by atoms with Crippen LogP contribution in [0.4, 0.5) is 0 Å². The minimum atomic E-state index is -0.916. The highest BCUT2D eigenvalue weighted by atomic mass is 16.5. The van der Waals surface area contributed by atoms with Gasteiger partial charge in [-0.25, -0.2) is 0 Å². The zero-order valence-electron chi connectivity index (χ0n) is 14.3. The first-order chi connectivity index (χ1) is 11.6. The van der Waals surface area contributed by atoms with Gasteiger partial charge in [0.25, 0.3) is 0 Å². The van der Waals surface area contributed by atoms with Crippen LogP contribution in [-0.4, -0.2) is 48.7 Å². The van der Waals surface area contributed by atoms with Crippen molar-refractivity contribution in [1.82, 2.24) is 10.6 Å². The third-order valence-electron chi connectivity index (χ3n) is 4.03. The van der Waals surface area contributed by atoms with Gasteiger partial charge in [-0.15, -0.1) is 0 Å². The van der Waals surface area contributed by atoms with E-state index in [9.17, 15) is 14.4 Å². The maximum atomic E-state index is 11.7. The van der Waals surface area contributed by atoms with E-state index >= 15 is 0 Å². The Bertz CT molecular complexity index is 394. The molecule has 3 N–H and O–H groups in total. The fourth-order valence-electron chi connectivity index (χ4n) is 2.63. The first-order valence-electron chi connectivity index (χ1n) is 8.94. The molecular weight excluding hydrogens is 312 g/mol. The molecule has 0 aliphatic carbocycles. The minimum Gasteiger partial charge on any atom is -0.481 e. The zero-order valence-corrected chi connectivity index (χ0v) is 14.3. The van der Waals surface area contributed by atoms with Crippen molar-refractivity contribution < 1.29 is 24.2 Å². The SMILES string of the molecule is O=C(O)CCNC(=O)CCCCCNC(=O)CCC1CCCCO1. The van der Waals surface area contributed by atoms with Crippen molar-refractivity contribution in [2.45, 2.75) is 70.3 Å². The van der Waals surface area contributed by atoms with Gasteiger partial charge < -0.3 is 20.5 Å². The van der Waals surface area contributed by atoms with Crippen molar-refractivity contribution in [3.8, 4) is 0 Å². The number of aliphatic carboxylic acids is 1. The largest absolute Gasteiger partial charge is 0.481 e. The summed E-state index contributed by atoms with van der Waals surface area (Å²) in [6, 6.07) is 0. The summed E-state index contributed by atoms with van der Waals surface area (Å²) < 4.78 is 5.60. The number of hydrogen-bond acceptors (Lipinski definition) is 4. The molecule has 1 aliphatic rings. The number of carboxylic acid groups (broad SMARTS) is 1. The maximum absolute atomic E-state index is 11.7. The van der Waals surface area contributed by atoms with Crippen LogP contribution in [-0.2, 0) is 19.1 Å². The second-order valence-corrected chi connectivity index (χ2v) is 6.18. The summed E-state index contributed by atoms with van der Waals surface area (Å²) in [6.07, 6.45) is 7.70. The number of carboxylic acids is 1. The van der Waals surface area contributed by atoms with E-state index in [-0.39, 0.29) is 30.9 Å². The first-order valence-corrected chi connectivity index (χ1v) is 8.94. The van der Waals surface area contributed by atoms with Gasteiger partial charge in [0.2, 0.25) is 11.8 Å². The Morgan fingerprint density at radius 2 is 1.67 bits per heavy atom. The standard InChI is InChI=1S/C17H30N2O5/c20-15(19-12-10-17(22)23)7-2-1-4-11-18-16(21)9-8-14-6-3-5-13-24-14/h14H,1-13H2,(H,18,21)(H,19,20)(H,22,23). The lowest BCUT2D eigenvalue weighted by atomic mass is 10.0. The molecule has 1 rings (SSSR count). The smallest absolute Gasteiger partial charge is 0.305 e. The van der Waals surface area contributed by atoms with E-state index in [1.54, 1.807) is 0 Å². The van der Waals surface area contributed by atoms with Gasteiger partial charge in [0.05, 0.1) is 12.5 Å². The number of amides is 2. The minimum absolute atomic E-state index is 0.0519. The van der Waals surface area contributed by atoms with Gasteiger partial charge in [-0.1, -0.05) is 6.42 Å². The average Bonchev–Trinajstić information content (AvgIpc) is 2.56. The maximum Gasteiger partial charge on any atom is 0.305 e. The van der Waals surface area contributed by atoms with E-state index in [1.807, 2.05) is 0 Å². The average molecular weight is 342 g/mol. The third kappa shape index (κ3) is 11.0. The molecule has 1 fully saturated rings. The quantitative estimate of drug-likeness (QED) is 0.467. The van der Waals surface area contributed by atoms with Crippen molar-refractivity contribution in [1.29, 1.82) is 0 Å². The number of ether oxygens (including phenoxy) is 1. The van der Waals surface area contributed by atoms with Crippen LogP contribution in [0.15, 0.2) is 0 Å². The molecule has 7 nitrogen and oxygen atoms in total. The molecule has 0 aromatic rings. The van der Waals surface area contributed by atoms with E-state index in [0.29, 0.717) is 19.4 Å². The van der Waals surface area contributed by atoms with Crippen LogP contribution in [0.5, 0.6) is 0 Å². The van der Waals surface area contributed by atoms with Crippen molar-refractivity contribution in [3.05, 3.63) is 0 Å². The molecule has 24 heavy (non-hydrogen) atoms. The summed E-state index contributed by atoms with van der Waals surface area (Å²) >= 11 is 0. The molecule has 1 saturated heterocycles. The molecule has 0 spiro atoms. The summed E-state index contributed by atoms with van der Waals surface area (Å²) in [7, 11) is 0. The van der Waals surface area contributed by atoms with Gasteiger partial charge in [-0.2, -0.15) is 0 Å². The fraction of sp³-hybridized carbons (Fsp3) is 0.824. The molecule has 0 aromatic heterocycles. The molecule has 7 heteroatoms. The molecule has 0 bridgehead atoms. The number of carbonyl (C=O) groups is 3. The Morgan fingerprint density at radius 1 is 0.917 bits per heavy atom. The Labute approximate surface area is 143 Å². The molecule has 2 amide bonds. The molecule has 0 saturated carbocycles. The number of carbonyl (C=O) groups excluding carboxylic acids is 2. The van der Waals surface area contributed by atoms with Gasteiger partial charge >= 0.3 is 5.97 Å². The van der Waals surface area contributed by atoms with Crippen LogP contribution in [0.25, 0.3) is 0 Å². The molecular formula is C17H30N2O5. The highest BCUT2D eigenvalue weighted by Crippen LogP contribution is 2.16. The molecule has 0 radical (unpaired) electrons. The summed E-state index contributed by atoms with van der Waals surface area (Å²) in [6.45, 7) is 1.62. The Morgan fingerprint density at radius 3 is 2.38 bits per heavy atom. The monoisotopic (exact) mass is 342 g/mol. The number of unbranched alkanes of at least 4 members (excludes halogenated alkanes) is 2. The van der Waals surface area contributed by atoms with E-state index in [4.69, 9.17) is 9.84 Å². The van der Waals surface area contributed by atoms with Crippen molar-refractivity contribution in [3.63, 3.8) is 0 Å². The highest BCUT2D eigenvalue weighted by molar-refractivity contribution is 5.76. The van der Waals surface area contributed by atoms with Gasteiger partial charge in [0.1, 0.15) is 0 Å². The van der Waals surface area contributed by atoms with Crippen molar-refractivity contribution in [2.75, 3.05) is 19.7 Å². The molecule has 1 atom stereocenters. The first kappa shape index (κ1) is 20.4. The van der Waals surface area contributed by atoms with Crippen molar-refractivity contribution in [2.24, 2.45) is 0 Å². The van der Waals surface area contributed by atoms with Crippen LogP contribution in [0, 0.1) is 0 Å². The number of hydrogen-bond donors (Lipinski definition) is 3. The van der Waals surface area contributed by atoms with Crippen LogP contribution in [0.3, 0.4) is 0 Å². The third-order valence-corrected chi connectivity index (χ3v) is 4.03. The van der Waals surface area contributed by atoms with Gasteiger partial charge in [0.15, 0.2) is 0 Å². The molecule has 1 unspecified atom stereocenters. The zero-order chi connectivity index (χ0) is 17.6. The fourth-order valence-corrected chi connectivity index (χ4v) is 2.63. The number of rotatable bonds is 12. The van der Waals surface area contributed by atoms with Crippen LogP contribution in [0.1, 0.15) is 64.2 Å². The summed E-state index contributed by atoms with van der Waals surface area (Å²) in [5.74, 6) is -0.968. The van der Waals surface area contributed by atoms with Gasteiger partial charge in [-0.05, 0) is 38.5 Å².